The van der Waals surface area contributed by atoms with Gasteiger partial charge in [0.05, 0.1) is 0 Å². The number of piperazine rings is 1. The molecule has 6 nitrogen and oxygen atoms in total. The molecule has 0 bridgehead atoms. The van der Waals surface area contributed by atoms with Crippen LogP contribution < -0.4 is 0 Å². The highest BCUT2D eigenvalue weighted by atomic mass is 16.2. The van der Waals surface area contributed by atoms with Crippen molar-refractivity contribution in [1.29, 1.82) is 0 Å². The van der Waals surface area contributed by atoms with Crippen LogP contribution in [-0.2, 0) is 11.2 Å². The number of H-pyrrole nitrogens is 1. The van der Waals surface area contributed by atoms with E-state index in [0.717, 1.165) is 31.4 Å². The Morgan fingerprint density at radius 1 is 1.17 bits per heavy atom. The number of aryl methyl sites for hydroxylation is 1. The maximum atomic E-state index is 12.5. The molecule has 1 aliphatic heterocycles. The summed E-state index contributed by atoms with van der Waals surface area (Å²) in [6.07, 6.45) is 6.35. The minimum Gasteiger partial charge on any atom is -0.339 e. The summed E-state index contributed by atoms with van der Waals surface area (Å²) in [6, 6.07) is 1.85. The maximum Gasteiger partial charge on any atom is 0.274 e. The quantitative estimate of drug-likeness (QED) is 0.921. The minimum atomic E-state index is -0.0310. The van der Waals surface area contributed by atoms with E-state index in [1.165, 1.54) is 12.8 Å². The number of hydrogen-bond donors (Lipinski definition) is 1. The van der Waals surface area contributed by atoms with Crippen molar-refractivity contribution in [3.05, 3.63) is 17.5 Å². The van der Waals surface area contributed by atoms with Crippen LogP contribution in [0.2, 0.25) is 0 Å². The number of carbonyl (C=O) groups is 2. The lowest BCUT2D eigenvalue weighted by Crippen LogP contribution is -2.51. The number of hydrogen-bond acceptors (Lipinski definition) is 3. The zero-order valence-corrected chi connectivity index (χ0v) is 13.9. The van der Waals surface area contributed by atoms with Gasteiger partial charge in [0.25, 0.3) is 5.91 Å². The summed E-state index contributed by atoms with van der Waals surface area (Å²) in [5, 5.41) is 7.06. The molecule has 0 spiro atoms. The van der Waals surface area contributed by atoms with Crippen molar-refractivity contribution in [3.8, 4) is 0 Å². The lowest BCUT2D eigenvalue weighted by Gasteiger charge is -2.35. The molecule has 2 amide bonds. The second kappa shape index (κ2) is 7.15. The van der Waals surface area contributed by atoms with E-state index in [4.69, 9.17) is 0 Å². The molecular formula is C17H26N4O2. The van der Waals surface area contributed by atoms with Crippen LogP contribution in [-0.4, -0.2) is 58.0 Å². The zero-order chi connectivity index (χ0) is 16.2. The lowest BCUT2D eigenvalue weighted by atomic mass is 10.1. The molecule has 1 aromatic heterocycles. The van der Waals surface area contributed by atoms with Crippen LogP contribution in [0.15, 0.2) is 6.07 Å². The van der Waals surface area contributed by atoms with Gasteiger partial charge in [-0.1, -0.05) is 26.2 Å². The molecule has 0 atom stereocenters. The molecule has 0 unspecified atom stereocenters. The van der Waals surface area contributed by atoms with Gasteiger partial charge >= 0.3 is 0 Å². The van der Waals surface area contributed by atoms with Crippen LogP contribution >= 0.6 is 0 Å². The summed E-state index contributed by atoms with van der Waals surface area (Å²) < 4.78 is 0. The second-order valence-electron chi connectivity index (χ2n) is 6.63. The van der Waals surface area contributed by atoms with Crippen LogP contribution in [0, 0.1) is 5.92 Å². The number of amides is 2. The van der Waals surface area contributed by atoms with Gasteiger partial charge in [-0.2, -0.15) is 5.10 Å². The van der Waals surface area contributed by atoms with Crippen molar-refractivity contribution >= 4 is 11.8 Å². The summed E-state index contributed by atoms with van der Waals surface area (Å²) >= 11 is 0. The molecule has 23 heavy (non-hydrogen) atoms. The van der Waals surface area contributed by atoms with E-state index in [1.54, 1.807) is 0 Å². The minimum absolute atomic E-state index is 0.0310. The largest absolute Gasteiger partial charge is 0.339 e. The third kappa shape index (κ3) is 3.57. The first-order chi connectivity index (χ1) is 11.2. The molecular weight excluding hydrogens is 292 g/mol. The van der Waals surface area contributed by atoms with E-state index in [0.29, 0.717) is 37.8 Å². The van der Waals surface area contributed by atoms with E-state index < -0.39 is 0 Å². The first-order valence-electron chi connectivity index (χ1n) is 8.81. The number of aromatic nitrogens is 2. The highest BCUT2D eigenvalue weighted by molar-refractivity contribution is 5.92. The number of nitrogens with one attached hydrogen (secondary N) is 1. The molecule has 1 saturated carbocycles. The van der Waals surface area contributed by atoms with Gasteiger partial charge in [-0.05, 0) is 25.3 Å². The van der Waals surface area contributed by atoms with Crippen LogP contribution in [0.1, 0.15) is 55.2 Å². The maximum absolute atomic E-state index is 12.5. The Hall–Kier alpha value is -1.85. The second-order valence-corrected chi connectivity index (χ2v) is 6.63. The number of nitrogens with zero attached hydrogens (tertiary/aromatic N) is 3. The first-order valence-corrected chi connectivity index (χ1v) is 8.81. The predicted molar refractivity (Wildman–Crippen MR) is 87.0 cm³/mol. The van der Waals surface area contributed by atoms with Crippen LogP contribution in [0.3, 0.4) is 0 Å². The molecule has 3 rings (SSSR count). The molecule has 2 heterocycles. The molecule has 1 aromatic rings. The van der Waals surface area contributed by atoms with Gasteiger partial charge in [0, 0.05) is 37.8 Å². The molecule has 0 radical (unpaired) electrons. The average molecular weight is 318 g/mol. The van der Waals surface area contributed by atoms with E-state index in [-0.39, 0.29) is 11.8 Å². The van der Waals surface area contributed by atoms with Crippen molar-refractivity contribution in [3.63, 3.8) is 0 Å². The standard InChI is InChI=1S/C17H26N4O2/c1-2-5-14-12-15(19-18-14)17(23)21-10-8-20(9-11-21)16(22)13-6-3-4-7-13/h12-13H,2-11H2,1H3,(H,18,19). The SMILES string of the molecule is CCCc1cc(C(=O)N2CCN(C(=O)C3CCCC3)CC2)n[nH]1. The topological polar surface area (TPSA) is 69.3 Å². The Labute approximate surface area is 137 Å². The van der Waals surface area contributed by atoms with Crippen LogP contribution in [0.25, 0.3) is 0 Å². The average Bonchev–Trinajstić information content (AvgIpc) is 3.26. The fourth-order valence-electron chi connectivity index (χ4n) is 3.59. The monoisotopic (exact) mass is 318 g/mol. The zero-order valence-electron chi connectivity index (χ0n) is 13.9. The molecule has 2 fully saturated rings. The molecule has 1 aliphatic carbocycles. The van der Waals surface area contributed by atoms with Gasteiger partial charge in [-0.3, -0.25) is 14.7 Å². The Morgan fingerprint density at radius 2 is 1.83 bits per heavy atom. The predicted octanol–water partition coefficient (Wildman–Crippen LogP) is 1.84. The number of aromatic amines is 1. The highest BCUT2D eigenvalue weighted by Crippen LogP contribution is 2.27. The Balaban J connectivity index is 1.53. The van der Waals surface area contributed by atoms with Gasteiger partial charge in [-0.25, -0.2) is 0 Å². The summed E-state index contributed by atoms with van der Waals surface area (Å²) in [7, 11) is 0. The van der Waals surface area contributed by atoms with Crippen molar-refractivity contribution in [2.75, 3.05) is 26.2 Å². The van der Waals surface area contributed by atoms with Gasteiger partial charge in [0.15, 0.2) is 0 Å². The third-order valence-corrected chi connectivity index (χ3v) is 4.95. The van der Waals surface area contributed by atoms with Crippen molar-refractivity contribution in [2.24, 2.45) is 5.92 Å². The molecule has 1 saturated heterocycles. The summed E-state index contributed by atoms with van der Waals surface area (Å²) in [6.45, 7) is 4.60. The molecule has 126 valence electrons. The smallest absolute Gasteiger partial charge is 0.274 e. The van der Waals surface area contributed by atoms with Gasteiger partial charge in [0.2, 0.25) is 5.91 Å². The molecule has 0 aromatic carbocycles. The number of rotatable bonds is 4. The van der Waals surface area contributed by atoms with Crippen LogP contribution in [0.4, 0.5) is 0 Å². The summed E-state index contributed by atoms with van der Waals surface area (Å²) in [4.78, 5) is 28.7. The Kier molecular flexibility index (Phi) is 4.98. The molecule has 1 N–H and O–H groups in total. The van der Waals surface area contributed by atoms with Crippen molar-refractivity contribution < 1.29 is 9.59 Å². The molecule has 2 aliphatic rings. The number of carbonyl (C=O) groups excluding carboxylic acids is 2. The lowest BCUT2D eigenvalue weighted by molar-refractivity contribution is -0.136. The normalized spacial score (nSPS) is 19.3. The third-order valence-electron chi connectivity index (χ3n) is 4.95. The Bertz CT molecular complexity index is 555. The van der Waals surface area contributed by atoms with Gasteiger partial charge < -0.3 is 9.80 Å². The van der Waals surface area contributed by atoms with Crippen LogP contribution in [0.5, 0.6) is 0 Å². The van der Waals surface area contributed by atoms with E-state index in [1.807, 2.05) is 15.9 Å². The fraction of sp³-hybridized carbons (Fsp3) is 0.706. The fourth-order valence-corrected chi connectivity index (χ4v) is 3.59. The first kappa shape index (κ1) is 16.0. The van der Waals surface area contributed by atoms with E-state index in [9.17, 15) is 9.59 Å². The Morgan fingerprint density at radius 3 is 2.48 bits per heavy atom. The van der Waals surface area contributed by atoms with Crippen molar-refractivity contribution in [1.82, 2.24) is 20.0 Å². The highest BCUT2D eigenvalue weighted by Gasteiger charge is 2.31. The van der Waals surface area contributed by atoms with Crippen molar-refractivity contribution in [2.45, 2.75) is 45.4 Å². The summed E-state index contributed by atoms with van der Waals surface area (Å²) in [5.74, 6) is 0.483. The van der Waals surface area contributed by atoms with Gasteiger partial charge in [-0.15, -0.1) is 0 Å². The molecule has 6 heteroatoms. The van der Waals surface area contributed by atoms with Gasteiger partial charge in [0.1, 0.15) is 5.69 Å². The van der Waals surface area contributed by atoms with E-state index >= 15 is 0 Å². The summed E-state index contributed by atoms with van der Waals surface area (Å²) in [5.41, 5.74) is 1.50. The van der Waals surface area contributed by atoms with E-state index in [2.05, 4.69) is 17.1 Å².